The maximum Gasteiger partial charge on any atom is 0.250 e. The van der Waals surface area contributed by atoms with E-state index in [0.29, 0.717) is 49.9 Å². The molecule has 2 aromatic carbocycles. The summed E-state index contributed by atoms with van der Waals surface area (Å²) in [5.74, 6) is 2.72. The molecule has 0 radical (unpaired) electrons. The molecule has 1 fully saturated rings. The van der Waals surface area contributed by atoms with Gasteiger partial charge >= 0.3 is 0 Å². The molecule has 2 aliphatic rings. The Morgan fingerprint density at radius 3 is 2.67 bits per heavy atom. The van der Waals surface area contributed by atoms with E-state index < -0.39 is 0 Å². The predicted molar refractivity (Wildman–Crippen MR) is 129 cm³/mol. The van der Waals surface area contributed by atoms with Crippen molar-refractivity contribution < 1.29 is 14.2 Å². The van der Waals surface area contributed by atoms with Crippen molar-refractivity contribution in [3.8, 4) is 11.5 Å². The summed E-state index contributed by atoms with van der Waals surface area (Å²) in [5.41, 5.74) is 5.78. The van der Waals surface area contributed by atoms with E-state index in [2.05, 4.69) is 51.6 Å². The van der Waals surface area contributed by atoms with Crippen LogP contribution in [0.2, 0.25) is 0 Å². The fourth-order valence-electron chi connectivity index (χ4n) is 3.38. The van der Waals surface area contributed by atoms with Gasteiger partial charge in [0.2, 0.25) is 24.6 Å². The first-order chi connectivity index (χ1) is 16.1. The highest BCUT2D eigenvalue weighted by molar-refractivity contribution is 9.10. The van der Waals surface area contributed by atoms with Crippen LogP contribution in [0.1, 0.15) is 11.1 Å². The monoisotopic (exact) mass is 511 g/mol. The number of hydrazone groups is 1. The van der Waals surface area contributed by atoms with Crippen molar-refractivity contribution in [3.63, 3.8) is 0 Å². The van der Waals surface area contributed by atoms with Crippen LogP contribution in [0.4, 0.5) is 23.5 Å². The normalized spacial score (nSPS) is 15.2. The van der Waals surface area contributed by atoms with Crippen LogP contribution in [0.15, 0.2) is 46.0 Å². The van der Waals surface area contributed by atoms with E-state index in [1.54, 1.807) is 6.21 Å². The molecule has 11 heteroatoms. The molecule has 170 valence electrons. The summed E-state index contributed by atoms with van der Waals surface area (Å²) in [6.45, 7) is 4.94. The van der Waals surface area contributed by atoms with E-state index in [9.17, 15) is 0 Å². The van der Waals surface area contributed by atoms with Crippen LogP contribution in [0.5, 0.6) is 11.5 Å². The van der Waals surface area contributed by atoms with Crippen LogP contribution in [0, 0.1) is 6.92 Å². The molecule has 1 aromatic heterocycles. The first-order valence-corrected chi connectivity index (χ1v) is 11.2. The molecule has 0 amide bonds. The average molecular weight is 512 g/mol. The lowest BCUT2D eigenvalue weighted by molar-refractivity contribution is 0.122. The lowest BCUT2D eigenvalue weighted by atomic mass is 10.2. The van der Waals surface area contributed by atoms with Crippen LogP contribution in [0.25, 0.3) is 0 Å². The van der Waals surface area contributed by atoms with E-state index in [1.165, 1.54) is 0 Å². The number of fused-ring (bicyclic) bond motifs is 1. The van der Waals surface area contributed by atoms with Crippen molar-refractivity contribution in [3.05, 3.63) is 52.0 Å². The maximum atomic E-state index is 5.46. The summed E-state index contributed by atoms with van der Waals surface area (Å²) in [7, 11) is 0. The molecular formula is C22H22BrN7O3. The van der Waals surface area contributed by atoms with Gasteiger partial charge in [-0.3, -0.25) is 0 Å². The Bertz CT molecular complexity index is 1180. The van der Waals surface area contributed by atoms with Crippen LogP contribution < -0.4 is 25.1 Å². The van der Waals surface area contributed by atoms with Gasteiger partial charge in [0.1, 0.15) is 0 Å². The molecule has 10 nitrogen and oxygen atoms in total. The minimum Gasteiger partial charge on any atom is -0.454 e. The molecule has 33 heavy (non-hydrogen) atoms. The van der Waals surface area contributed by atoms with Gasteiger partial charge < -0.3 is 24.4 Å². The topological polar surface area (TPSA) is 106 Å². The van der Waals surface area contributed by atoms with Crippen molar-refractivity contribution in [2.75, 3.05) is 48.7 Å². The Balaban J connectivity index is 1.38. The minimum atomic E-state index is 0.232. The summed E-state index contributed by atoms with van der Waals surface area (Å²) in [4.78, 5) is 15.7. The van der Waals surface area contributed by atoms with Crippen molar-refractivity contribution in [1.29, 1.82) is 0 Å². The smallest absolute Gasteiger partial charge is 0.250 e. The average Bonchev–Trinajstić information content (AvgIpc) is 3.29. The molecule has 1 saturated heterocycles. The molecule has 5 rings (SSSR count). The molecule has 0 bridgehead atoms. The summed E-state index contributed by atoms with van der Waals surface area (Å²) < 4.78 is 17.1. The summed E-state index contributed by atoms with van der Waals surface area (Å²) in [5, 5.41) is 7.56. The summed E-state index contributed by atoms with van der Waals surface area (Å²) >= 11 is 3.59. The maximum absolute atomic E-state index is 5.46. The highest BCUT2D eigenvalue weighted by Gasteiger charge is 2.17. The van der Waals surface area contributed by atoms with Crippen LogP contribution in [-0.2, 0) is 4.74 Å². The number of hydrogen-bond donors (Lipinski definition) is 2. The van der Waals surface area contributed by atoms with E-state index >= 15 is 0 Å². The minimum absolute atomic E-state index is 0.232. The van der Waals surface area contributed by atoms with Crippen molar-refractivity contribution in [2.24, 2.45) is 5.10 Å². The Morgan fingerprint density at radius 1 is 1.00 bits per heavy atom. The Kier molecular flexibility index (Phi) is 6.22. The number of hydrogen-bond acceptors (Lipinski definition) is 10. The Morgan fingerprint density at radius 2 is 1.82 bits per heavy atom. The van der Waals surface area contributed by atoms with Crippen LogP contribution in [0.3, 0.4) is 0 Å². The van der Waals surface area contributed by atoms with Crippen LogP contribution >= 0.6 is 15.9 Å². The lowest BCUT2D eigenvalue weighted by Gasteiger charge is -2.27. The Labute approximate surface area is 199 Å². The Hall–Kier alpha value is -3.44. The molecule has 3 heterocycles. The SMILES string of the molecule is Cc1ccc(Nc2nc(NN=Cc3ccc4c(c3)OCO4)nc(N3CCOCC3)n2)c(Br)c1. The zero-order chi connectivity index (χ0) is 22.6. The highest BCUT2D eigenvalue weighted by Crippen LogP contribution is 2.32. The van der Waals surface area contributed by atoms with Gasteiger partial charge in [0.15, 0.2) is 11.5 Å². The molecule has 0 saturated carbocycles. The lowest BCUT2D eigenvalue weighted by Crippen LogP contribution is -2.37. The van der Waals surface area contributed by atoms with Gasteiger partial charge in [-0.05, 0) is 64.3 Å². The number of nitrogens with one attached hydrogen (secondary N) is 2. The molecular weight excluding hydrogens is 490 g/mol. The zero-order valence-electron chi connectivity index (χ0n) is 17.9. The predicted octanol–water partition coefficient (Wildman–Crippen LogP) is 3.70. The van der Waals surface area contributed by atoms with E-state index in [0.717, 1.165) is 27.0 Å². The van der Waals surface area contributed by atoms with Gasteiger partial charge in [-0.2, -0.15) is 20.1 Å². The summed E-state index contributed by atoms with van der Waals surface area (Å²) in [6.07, 6.45) is 1.67. The van der Waals surface area contributed by atoms with Gasteiger partial charge in [-0.25, -0.2) is 5.43 Å². The molecule has 2 N–H and O–H groups in total. The second-order valence-electron chi connectivity index (χ2n) is 7.47. The molecule has 0 aliphatic carbocycles. The standard InChI is InChI=1S/C22H22BrN7O3/c1-14-2-4-17(16(23)10-14)25-20-26-21(28-22(27-20)30-6-8-31-9-7-30)29-24-12-15-3-5-18-19(11-15)33-13-32-18/h2-5,10-12H,6-9,13H2,1H3,(H2,25,26,27,28,29). The summed E-state index contributed by atoms with van der Waals surface area (Å²) in [6, 6.07) is 11.6. The zero-order valence-corrected chi connectivity index (χ0v) is 19.5. The van der Waals surface area contributed by atoms with Gasteiger partial charge in [-0.15, -0.1) is 0 Å². The number of benzene rings is 2. The number of morpholine rings is 1. The highest BCUT2D eigenvalue weighted by atomic mass is 79.9. The fraction of sp³-hybridized carbons (Fsp3) is 0.273. The first kappa shape index (κ1) is 21.4. The van der Waals surface area contributed by atoms with Crippen LogP contribution in [-0.4, -0.2) is 54.3 Å². The number of halogens is 1. The second-order valence-corrected chi connectivity index (χ2v) is 8.33. The number of aromatic nitrogens is 3. The number of anilines is 4. The van der Waals surface area contributed by atoms with Gasteiger partial charge in [-0.1, -0.05) is 6.07 Å². The molecule has 0 unspecified atom stereocenters. The fourth-order valence-corrected chi connectivity index (χ4v) is 3.97. The van der Waals surface area contributed by atoms with Crippen molar-refractivity contribution >= 4 is 45.7 Å². The third-order valence-corrected chi connectivity index (χ3v) is 5.72. The molecule has 2 aliphatic heterocycles. The van der Waals surface area contributed by atoms with E-state index in [1.807, 2.05) is 43.3 Å². The number of ether oxygens (including phenoxy) is 3. The largest absolute Gasteiger partial charge is 0.454 e. The molecule has 0 atom stereocenters. The number of aryl methyl sites for hydroxylation is 1. The third-order valence-electron chi connectivity index (χ3n) is 5.06. The third kappa shape index (κ3) is 5.15. The van der Waals surface area contributed by atoms with Crippen molar-refractivity contribution in [2.45, 2.75) is 6.92 Å². The number of rotatable bonds is 6. The first-order valence-electron chi connectivity index (χ1n) is 10.4. The van der Waals surface area contributed by atoms with Gasteiger partial charge in [0, 0.05) is 17.6 Å². The van der Waals surface area contributed by atoms with E-state index in [4.69, 9.17) is 14.2 Å². The molecule has 0 spiro atoms. The molecule has 3 aromatic rings. The second kappa shape index (κ2) is 9.59. The van der Waals surface area contributed by atoms with Gasteiger partial charge in [0.05, 0.1) is 25.1 Å². The van der Waals surface area contributed by atoms with E-state index in [-0.39, 0.29) is 6.79 Å². The number of nitrogens with zero attached hydrogens (tertiary/aromatic N) is 5. The quantitative estimate of drug-likeness (QED) is 0.378. The van der Waals surface area contributed by atoms with Crippen molar-refractivity contribution in [1.82, 2.24) is 15.0 Å². The van der Waals surface area contributed by atoms with Gasteiger partial charge in [0.25, 0.3) is 0 Å².